The number of esters is 1. The molecule has 0 saturated heterocycles. The Balaban J connectivity index is 1.87. The summed E-state index contributed by atoms with van der Waals surface area (Å²) in [5.41, 5.74) is 5.59. The molecular weight excluding hydrogens is 442 g/mol. The molecule has 0 aromatic heterocycles. The first-order valence-corrected chi connectivity index (χ1v) is 11.6. The summed E-state index contributed by atoms with van der Waals surface area (Å²) in [4.78, 5) is 15.6. The van der Waals surface area contributed by atoms with Crippen LogP contribution >= 0.6 is 0 Å². The van der Waals surface area contributed by atoms with E-state index in [4.69, 9.17) is 18.9 Å². The van der Waals surface area contributed by atoms with Crippen molar-refractivity contribution in [2.45, 2.75) is 26.3 Å². The SMILES string of the molecule is CCOC(=O)C1=C(C)N(Cc2ccc(OC)cc2)c2ccccc2[C@H]1c1ccc(OC)c(OC)c1. The van der Waals surface area contributed by atoms with Crippen molar-refractivity contribution in [2.75, 3.05) is 32.8 Å². The van der Waals surface area contributed by atoms with Gasteiger partial charge in [0.25, 0.3) is 0 Å². The van der Waals surface area contributed by atoms with Crippen molar-refractivity contribution in [3.63, 3.8) is 0 Å². The van der Waals surface area contributed by atoms with Crippen LogP contribution < -0.4 is 19.1 Å². The third kappa shape index (κ3) is 4.69. The lowest BCUT2D eigenvalue weighted by molar-refractivity contribution is -0.138. The maximum atomic E-state index is 13.4. The fraction of sp³-hybridized carbons (Fsp3) is 0.276. The number of hydrogen-bond acceptors (Lipinski definition) is 6. The zero-order valence-electron chi connectivity index (χ0n) is 20.8. The number of carbonyl (C=O) groups is 1. The third-order valence-corrected chi connectivity index (χ3v) is 6.36. The van der Waals surface area contributed by atoms with Crippen molar-refractivity contribution >= 4 is 11.7 Å². The topological polar surface area (TPSA) is 57.2 Å². The molecule has 0 spiro atoms. The van der Waals surface area contributed by atoms with Gasteiger partial charge in [-0.1, -0.05) is 36.4 Å². The molecule has 0 aliphatic carbocycles. The van der Waals surface area contributed by atoms with Gasteiger partial charge < -0.3 is 23.8 Å². The average Bonchev–Trinajstić information content (AvgIpc) is 2.90. The average molecular weight is 474 g/mol. The van der Waals surface area contributed by atoms with Crippen LogP contribution in [-0.4, -0.2) is 33.9 Å². The van der Waals surface area contributed by atoms with Gasteiger partial charge in [0, 0.05) is 23.8 Å². The highest BCUT2D eigenvalue weighted by Crippen LogP contribution is 2.47. The molecule has 3 aromatic carbocycles. The molecule has 6 nitrogen and oxygen atoms in total. The number of anilines is 1. The Hall–Kier alpha value is -3.93. The molecule has 0 bridgehead atoms. The first-order valence-electron chi connectivity index (χ1n) is 11.6. The first kappa shape index (κ1) is 24.2. The fourth-order valence-electron chi connectivity index (χ4n) is 4.64. The van der Waals surface area contributed by atoms with E-state index in [1.54, 1.807) is 21.3 Å². The van der Waals surface area contributed by atoms with Gasteiger partial charge in [-0.25, -0.2) is 4.79 Å². The Morgan fingerprint density at radius 2 is 1.60 bits per heavy atom. The summed E-state index contributed by atoms with van der Waals surface area (Å²) in [6, 6.07) is 22.0. The predicted octanol–water partition coefficient (Wildman–Crippen LogP) is 5.70. The molecule has 4 rings (SSSR count). The highest BCUT2D eigenvalue weighted by atomic mass is 16.5. The van der Waals surface area contributed by atoms with Crippen LogP contribution in [0.15, 0.2) is 78.0 Å². The molecule has 182 valence electrons. The molecule has 35 heavy (non-hydrogen) atoms. The number of rotatable bonds is 8. The number of allylic oxidation sites excluding steroid dienone is 1. The second-order valence-electron chi connectivity index (χ2n) is 8.26. The number of para-hydroxylation sites is 1. The fourth-order valence-corrected chi connectivity index (χ4v) is 4.64. The van der Waals surface area contributed by atoms with Crippen molar-refractivity contribution in [3.05, 3.63) is 94.7 Å². The molecular formula is C29H31NO5. The van der Waals surface area contributed by atoms with E-state index in [2.05, 4.69) is 17.0 Å². The zero-order chi connectivity index (χ0) is 24.9. The molecule has 3 aromatic rings. The van der Waals surface area contributed by atoms with Crippen molar-refractivity contribution in [2.24, 2.45) is 0 Å². The molecule has 1 aliphatic rings. The van der Waals surface area contributed by atoms with Gasteiger partial charge in [0.2, 0.25) is 0 Å². The quantitative estimate of drug-likeness (QED) is 0.391. The van der Waals surface area contributed by atoms with Crippen molar-refractivity contribution < 1.29 is 23.7 Å². The van der Waals surface area contributed by atoms with E-state index in [0.29, 0.717) is 30.2 Å². The summed E-state index contributed by atoms with van der Waals surface area (Å²) >= 11 is 0. The largest absolute Gasteiger partial charge is 0.497 e. The van der Waals surface area contributed by atoms with Crippen LogP contribution in [0.25, 0.3) is 0 Å². The van der Waals surface area contributed by atoms with Crippen LogP contribution in [0.4, 0.5) is 5.69 Å². The van der Waals surface area contributed by atoms with E-state index in [0.717, 1.165) is 33.8 Å². The lowest BCUT2D eigenvalue weighted by Crippen LogP contribution is -2.32. The number of methoxy groups -OCH3 is 3. The van der Waals surface area contributed by atoms with Gasteiger partial charge in [-0.15, -0.1) is 0 Å². The van der Waals surface area contributed by atoms with Crippen LogP contribution in [0.1, 0.15) is 36.5 Å². The summed E-state index contributed by atoms with van der Waals surface area (Å²) in [6.45, 7) is 4.72. The minimum Gasteiger partial charge on any atom is -0.497 e. The van der Waals surface area contributed by atoms with Gasteiger partial charge in [-0.3, -0.25) is 0 Å². The Labute approximate surface area is 206 Å². The standard InChI is InChI=1S/C29H31NO5/c1-6-35-29(31)27-19(2)30(18-20-11-14-22(32-3)15-12-20)24-10-8-7-9-23(24)28(27)21-13-16-25(33-4)26(17-21)34-5/h7-17,28H,6,18H2,1-5H3/t28-/m1/s1. The normalized spacial score (nSPS) is 14.9. The highest BCUT2D eigenvalue weighted by molar-refractivity contribution is 5.95. The molecule has 6 heteroatoms. The van der Waals surface area contributed by atoms with Gasteiger partial charge in [-0.05, 0) is 60.9 Å². The Bertz CT molecular complexity index is 1230. The van der Waals surface area contributed by atoms with E-state index in [1.807, 2.05) is 68.4 Å². The summed E-state index contributed by atoms with van der Waals surface area (Å²) in [5.74, 6) is 1.43. The van der Waals surface area contributed by atoms with E-state index in [9.17, 15) is 4.79 Å². The molecule has 1 heterocycles. The van der Waals surface area contributed by atoms with E-state index in [-0.39, 0.29) is 11.9 Å². The van der Waals surface area contributed by atoms with Gasteiger partial charge in [-0.2, -0.15) is 0 Å². The molecule has 1 atom stereocenters. The number of hydrogen-bond donors (Lipinski definition) is 0. The molecule has 1 aliphatic heterocycles. The lowest BCUT2D eigenvalue weighted by atomic mass is 9.79. The number of benzene rings is 3. The number of fused-ring (bicyclic) bond motifs is 1. The van der Waals surface area contributed by atoms with E-state index >= 15 is 0 Å². The first-order chi connectivity index (χ1) is 17.0. The smallest absolute Gasteiger partial charge is 0.336 e. The summed E-state index contributed by atoms with van der Waals surface area (Å²) in [5, 5.41) is 0. The van der Waals surface area contributed by atoms with Gasteiger partial charge in [0.1, 0.15) is 5.75 Å². The molecule has 0 unspecified atom stereocenters. The van der Waals surface area contributed by atoms with Crippen LogP contribution in [0.3, 0.4) is 0 Å². The van der Waals surface area contributed by atoms with Crippen molar-refractivity contribution in [1.82, 2.24) is 0 Å². The Morgan fingerprint density at radius 3 is 2.26 bits per heavy atom. The van der Waals surface area contributed by atoms with Gasteiger partial charge in [0.15, 0.2) is 11.5 Å². The maximum Gasteiger partial charge on any atom is 0.336 e. The zero-order valence-corrected chi connectivity index (χ0v) is 20.8. The van der Waals surface area contributed by atoms with Gasteiger partial charge in [0.05, 0.1) is 33.5 Å². The monoisotopic (exact) mass is 473 g/mol. The summed E-state index contributed by atoms with van der Waals surface area (Å²) < 4.78 is 21.9. The second kappa shape index (κ2) is 10.6. The van der Waals surface area contributed by atoms with E-state index < -0.39 is 0 Å². The minimum absolute atomic E-state index is 0.300. The molecule has 0 amide bonds. The minimum atomic E-state index is -0.320. The van der Waals surface area contributed by atoms with Crippen LogP contribution in [0.2, 0.25) is 0 Å². The van der Waals surface area contributed by atoms with E-state index in [1.165, 1.54) is 0 Å². The van der Waals surface area contributed by atoms with Crippen molar-refractivity contribution in [1.29, 1.82) is 0 Å². The Morgan fingerprint density at radius 1 is 0.886 bits per heavy atom. The van der Waals surface area contributed by atoms with Crippen LogP contribution in [0.5, 0.6) is 17.2 Å². The van der Waals surface area contributed by atoms with Crippen molar-refractivity contribution in [3.8, 4) is 17.2 Å². The summed E-state index contributed by atoms with van der Waals surface area (Å²) in [6.07, 6.45) is 0. The summed E-state index contributed by atoms with van der Waals surface area (Å²) in [7, 11) is 4.88. The molecule has 0 radical (unpaired) electrons. The van der Waals surface area contributed by atoms with Crippen LogP contribution in [-0.2, 0) is 16.1 Å². The molecule has 0 fully saturated rings. The number of nitrogens with zero attached hydrogens (tertiary/aromatic N) is 1. The predicted molar refractivity (Wildman–Crippen MR) is 136 cm³/mol. The van der Waals surface area contributed by atoms with Gasteiger partial charge >= 0.3 is 5.97 Å². The van der Waals surface area contributed by atoms with Crippen LogP contribution in [0, 0.1) is 0 Å². The lowest BCUT2D eigenvalue weighted by Gasteiger charge is -2.38. The molecule has 0 N–H and O–H groups in total. The molecule has 0 saturated carbocycles. The number of ether oxygens (including phenoxy) is 4. The third-order valence-electron chi connectivity index (χ3n) is 6.36. The Kier molecular flexibility index (Phi) is 7.30. The maximum absolute atomic E-state index is 13.4. The highest BCUT2D eigenvalue weighted by Gasteiger charge is 2.36. The second-order valence-corrected chi connectivity index (χ2v) is 8.26. The number of carbonyl (C=O) groups excluding carboxylic acids is 1.